The summed E-state index contributed by atoms with van der Waals surface area (Å²) in [6.45, 7) is 6.90. The second-order valence-electron chi connectivity index (χ2n) is 5.45. The Hall–Kier alpha value is -1.61. The first-order chi connectivity index (χ1) is 9.72. The Morgan fingerprint density at radius 1 is 1.45 bits per heavy atom. The second kappa shape index (κ2) is 7.25. The smallest absolute Gasteiger partial charge is 0.305 e. The molecule has 0 unspecified atom stereocenters. The molecule has 1 fully saturated rings. The average molecular weight is 273 g/mol. The number of rotatable bonds is 5. The molecule has 0 saturated carbocycles. The van der Waals surface area contributed by atoms with Gasteiger partial charge in [-0.05, 0) is 30.4 Å². The molecule has 0 amide bonds. The summed E-state index contributed by atoms with van der Waals surface area (Å²) < 4.78 is 4.78. The number of methoxy groups -OCH3 is 1. The zero-order chi connectivity index (χ0) is 14.4. The van der Waals surface area contributed by atoms with Gasteiger partial charge in [-0.2, -0.15) is 0 Å². The lowest BCUT2D eigenvalue weighted by atomic mass is 9.83. The van der Waals surface area contributed by atoms with Crippen molar-refractivity contribution in [3.05, 3.63) is 48.6 Å². The Morgan fingerprint density at radius 2 is 2.20 bits per heavy atom. The highest BCUT2D eigenvalue weighted by Crippen LogP contribution is 2.28. The Labute approximate surface area is 121 Å². The number of hydrogen-bond donors (Lipinski definition) is 0. The molecule has 1 saturated heterocycles. The molecule has 1 aromatic rings. The van der Waals surface area contributed by atoms with Gasteiger partial charge in [0, 0.05) is 19.5 Å². The molecule has 1 aliphatic rings. The third-order valence-electron chi connectivity index (χ3n) is 4.10. The molecule has 1 aliphatic heterocycles. The van der Waals surface area contributed by atoms with Gasteiger partial charge in [-0.15, -0.1) is 6.58 Å². The maximum Gasteiger partial charge on any atom is 0.305 e. The number of hydrogen-bond acceptors (Lipinski definition) is 3. The summed E-state index contributed by atoms with van der Waals surface area (Å²) in [5, 5.41) is 0. The van der Waals surface area contributed by atoms with Crippen LogP contribution in [-0.4, -0.2) is 31.1 Å². The Bertz CT molecular complexity index is 444. The summed E-state index contributed by atoms with van der Waals surface area (Å²) >= 11 is 0. The summed E-state index contributed by atoms with van der Waals surface area (Å²) in [5.41, 5.74) is 1.33. The maximum absolute atomic E-state index is 11.4. The summed E-state index contributed by atoms with van der Waals surface area (Å²) in [7, 11) is 1.45. The lowest BCUT2D eigenvalue weighted by Crippen LogP contribution is -2.40. The van der Waals surface area contributed by atoms with Gasteiger partial charge in [0.2, 0.25) is 0 Å². The predicted octanol–water partition coefficient (Wildman–Crippen LogP) is 2.87. The summed E-state index contributed by atoms with van der Waals surface area (Å²) in [6, 6.07) is 10.5. The molecular formula is C17H23NO2. The van der Waals surface area contributed by atoms with Crippen molar-refractivity contribution in [3.8, 4) is 0 Å². The van der Waals surface area contributed by atoms with Crippen LogP contribution in [0, 0.1) is 11.8 Å². The SMILES string of the molecule is C=C[C@H]1CN(Cc2ccccc2)CC[C@H]1CC(=O)OC. The van der Waals surface area contributed by atoms with Crippen molar-refractivity contribution < 1.29 is 9.53 Å². The van der Waals surface area contributed by atoms with Crippen molar-refractivity contribution in [2.75, 3.05) is 20.2 Å². The van der Waals surface area contributed by atoms with Gasteiger partial charge in [0.05, 0.1) is 7.11 Å². The summed E-state index contributed by atoms with van der Waals surface area (Å²) in [6.07, 6.45) is 3.52. The molecular weight excluding hydrogens is 250 g/mol. The van der Waals surface area contributed by atoms with Crippen molar-refractivity contribution in [2.24, 2.45) is 11.8 Å². The molecule has 3 nitrogen and oxygen atoms in total. The van der Waals surface area contributed by atoms with Gasteiger partial charge in [0.1, 0.15) is 0 Å². The van der Waals surface area contributed by atoms with Gasteiger partial charge >= 0.3 is 5.97 Å². The van der Waals surface area contributed by atoms with Crippen LogP contribution < -0.4 is 0 Å². The average Bonchev–Trinajstić information content (AvgIpc) is 2.49. The van der Waals surface area contributed by atoms with E-state index in [2.05, 4.69) is 35.7 Å². The first kappa shape index (κ1) is 14.8. The van der Waals surface area contributed by atoms with Crippen LogP contribution in [0.2, 0.25) is 0 Å². The number of carbonyl (C=O) groups is 1. The van der Waals surface area contributed by atoms with Crippen molar-refractivity contribution >= 4 is 5.97 Å². The number of ether oxygens (including phenoxy) is 1. The minimum absolute atomic E-state index is 0.113. The number of likely N-dealkylation sites (tertiary alicyclic amines) is 1. The van der Waals surface area contributed by atoms with E-state index in [1.807, 2.05) is 12.1 Å². The van der Waals surface area contributed by atoms with Crippen molar-refractivity contribution in [1.29, 1.82) is 0 Å². The zero-order valence-corrected chi connectivity index (χ0v) is 12.1. The van der Waals surface area contributed by atoms with Crippen LogP contribution in [0.5, 0.6) is 0 Å². The van der Waals surface area contributed by atoms with E-state index in [4.69, 9.17) is 4.74 Å². The van der Waals surface area contributed by atoms with E-state index >= 15 is 0 Å². The molecule has 1 aromatic carbocycles. The fourth-order valence-electron chi connectivity index (χ4n) is 2.90. The summed E-state index contributed by atoms with van der Waals surface area (Å²) in [5.74, 6) is 0.622. The number of nitrogens with zero attached hydrogens (tertiary/aromatic N) is 1. The third kappa shape index (κ3) is 3.94. The van der Waals surface area contributed by atoms with Gasteiger partial charge in [0.15, 0.2) is 0 Å². The van der Waals surface area contributed by atoms with E-state index < -0.39 is 0 Å². The molecule has 108 valence electrons. The fraction of sp³-hybridized carbons (Fsp3) is 0.471. The molecule has 3 heteroatoms. The molecule has 0 aliphatic carbocycles. The zero-order valence-electron chi connectivity index (χ0n) is 12.1. The standard InChI is InChI=1S/C17H23NO2/c1-3-15-13-18(12-14-7-5-4-6-8-14)10-9-16(15)11-17(19)20-2/h3-8,15-16H,1,9-13H2,2H3/t15-,16-/m0/s1. The van der Waals surface area contributed by atoms with Crippen LogP contribution in [0.1, 0.15) is 18.4 Å². The van der Waals surface area contributed by atoms with E-state index in [0.717, 1.165) is 26.1 Å². The fourth-order valence-corrected chi connectivity index (χ4v) is 2.90. The highest BCUT2D eigenvalue weighted by molar-refractivity contribution is 5.69. The molecule has 0 N–H and O–H groups in total. The monoisotopic (exact) mass is 273 g/mol. The van der Waals surface area contributed by atoms with Crippen LogP contribution in [0.15, 0.2) is 43.0 Å². The van der Waals surface area contributed by atoms with Crippen LogP contribution in [0.25, 0.3) is 0 Å². The number of piperidine rings is 1. The molecule has 20 heavy (non-hydrogen) atoms. The lowest BCUT2D eigenvalue weighted by Gasteiger charge is -2.36. The van der Waals surface area contributed by atoms with Gasteiger partial charge in [-0.1, -0.05) is 36.4 Å². The Balaban J connectivity index is 1.91. The maximum atomic E-state index is 11.4. The Kier molecular flexibility index (Phi) is 5.36. The first-order valence-electron chi connectivity index (χ1n) is 7.18. The van der Waals surface area contributed by atoms with Gasteiger partial charge in [-0.3, -0.25) is 9.69 Å². The summed E-state index contributed by atoms with van der Waals surface area (Å²) in [4.78, 5) is 13.9. The van der Waals surface area contributed by atoms with E-state index in [1.54, 1.807) is 0 Å². The van der Waals surface area contributed by atoms with Gasteiger partial charge in [-0.25, -0.2) is 0 Å². The van der Waals surface area contributed by atoms with Crippen LogP contribution in [0.3, 0.4) is 0 Å². The minimum Gasteiger partial charge on any atom is -0.469 e. The number of carbonyl (C=O) groups excluding carboxylic acids is 1. The van der Waals surface area contributed by atoms with Gasteiger partial charge in [0.25, 0.3) is 0 Å². The van der Waals surface area contributed by atoms with E-state index in [0.29, 0.717) is 18.3 Å². The quantitative estimate of drug-likeness (QED) is 0.610. The molecule has 2 atom stereocenters. The normalized spacial score (nSPS) is 23.2. The first-order valence-corrected chi connectivity index (χ1v) is 7.18. The van der Waals surface area contributed by atoms with Crippen LogP contribution >= 0.6 is 0 Å². The van der Waals surface area contributed by atoms with E-state index in [1.165, 1.54) is 12.7 Å². The second-order valence-corrected chi connectivity index (χ2v) is 5.45. The third-order valence-corrected chi connectivity index (χ3v) is 4.10. The van der Waals surface area contributed by atoms with E-state index in [9.17, 15) is 4.79 Å². The van der Waals surface area contributed by atoms with Crippen LogP contribution in [-0.2, 0) is 16.1 Å². The Morgan fingerprint density at radius 3 is 2.85 bits per heavy atom. The van der Waals surface area contributed by atoms with Crippen LogP contribution in [0.4, 0.5) is 0 Å². The topological polar surface area (TPSA) is 29.5 Å². The molecule has 0 radical (unpaired) electrons. The predicted molar refractivity (Wildman–Crippen MR) is 80.1 cm³/mol. The number of benzene rings is 1. The van der Waals surface area contributed by atoms with Gasteiger partial charge < -0.3 is 4.74 Å². The molecule has 0 spiro atoms. The minimum atomic E-state index is -0.113. The largest absolute Gasteiger partial charge is 0.469 e. The number of esters is 1. The molecule has 0 bridgehead atoms. The molecule has 1 heterocycles. The van der Waals surface area contributed by atoms with Crippen molar-refractivity contribution in [1.82, 2.24) is 4.90 Å². The highest BCUT2D eigenvalue weighted by Gasteiger charge is 2.29. The van der Waals surface area contributed by atoms with Crippen molar-refractivity contribution in [3.63, 3.8) is 0 Å². The molecule has 0 aromatic heterocycles. The van der Waals surface area contributed by atoms with E-state index in [-0.39, 0.29) is 5.97 Å². The van der Waals surface area contributed by atoms with Crippen molar-refractivity contribution in [2.45, 2.75) is 19.4 Å². The lowest BCUT2D eigenvalue weighted by molar-refractivity contribution is -0.142. The highest BCUT2D eigenvalue weighted by atomic mass is 16.5. The molecule has 2 rings (SSSR count).